The van der Waals surface area contributed by atoms with E-state index < -0.39 is 0 Å². The molecule has 1 saturated carbocycles. The van der Waals surface area contributed by atoms with Gasteiger partial charge < -0.3 is 5.32 Å². The van der Waals surface area contributed by atoms with Crippen molar-refractivity contribution in [2.24, 2.45) is 5.92 Å². The van der Waals surface area contributed by atoms with Crippen LogP contribution in [0.3, 0.4) is 0 Å². The highest BCUT2D eigenvalue weighted by Gasteiger charge is 2.12. The summed E-state index contributed by atoms with van der Waals surface area (Å²) < 4.78 is 0.0726. The van der Waals surface area contributed by atoms with Gasteiger partial charge in [0.1, 0.15) is 0 Å². The Kier molecular flexibility index (Phi) is 4.95. The van der Waals surface area contributed by atoms with Gasteiger partial charge in [-0.15, -0.1) is 0 Å². The Labute approximate surface area is 87.6 Å². The van der Waals surface area contributed by atoms with Crippen molar-refractivity contribution in [3.63, 3.8) is 0 Å². The summed E-state index contributed by atoms with van der Waals surface area (Å²) in [4.78, 5) is 10.6. The molecule has 1 amide bonds. The predicted octanol–water partition coefficient (Wildman–Crippen LogP) is 3.10. The highest BCUT2D eigenvalue weighted by Crippen LogP contribution is 2.25. The van der Waals surface area contributed by atoms with Gasteiger partial charge in [-0.1, -0.05) is 32.1 Å². The smallest absolute Gasteiger partial charge is 0.280 e. The summed E-state index contributed by atoms with van der Waals surface area (Å²) in [6.07, 6.45) is 8.11. The number of nitrogens with one attached hydrogen (secondary N) is 1. The molecule has 0 saturated heterocycles. The van der Waals surface area contributed by atoms with E-state index in [1.807, 2.05) is 0 Å². The van der Waals surface area contributed by atoms with E-state index in [1.165, 1.54) is 38.5 Å². The first-order chi connectivity index (χ1) is 5.79. The Morgan fingerprint density at radius 3 is 2.58 bits per heavy atom. The predicted molar refractivity (Wildman–Crippen MR) is 58.6 cm³/mol. The van der Waals surface area contributed by atoms with Crippen molar-refractivity contribution in [2.75, 3.05) is 6.54 Å². The van der Waals surface area contributed by atoms with E-state index in [9.17, 15) is 4.79 Å². The molecule has 0 unspecified atom stereocenters. The number of halogens is 1. The van der Waals surface area contributed by atoms with Gasteiger partial charge in [-0.05, 0) is 12.3 Å². The summed E-state index contributed by atoms with van der Waals surface area (Å²) in [5, 5.41) is 2.84. The van der Waals surface area contributed by atoms with Crippen molar-refractivity contribution in [1.29, 1.82) is 0 Å². The highest BCUT2D eigenvalue weighted by atomic mass is 127. The first-order valence-electron chi connectivity index (χ1n) is 4.72. The summed E-state index contributed by atoms with van der Waals surface area (Å²) in [5.74, 6) is 0.877. The number of carbonyl (C=O) groups is 1. The summed E-state index contributed by atoms with van der Waals surface area (Å²) in [7, 11) is 0. The van der Waals surface area contributed by atoms with Crippen LogP contribution in [0.25, 0.3) is 0 Å². The molecule has 0 aromatic rings. The minimum Gasteiger partial charge on any atom is -0.347 e. The molecule has 70 valence electrons. The molecule has 1 fully saturated rings. The lowest BCUT2D eigenvalue weighted by Crippen LogP contribution is -2.20. The maximum absolute atomic E-state index is 10.6. The van der Waals surface area contributed by atoms with Crippen LogP contribution in [-0.2, 0) is 0 Å². The standard InChI is InChI=1S/C9H16INO/c10-9(12)11-7-6-8-4-2-1-3-5-8/h8H,1-7H2,(H,11,12). The molecule has 12 heavy (non-hydrogen) atoms. The van der Waals surface area contributed by atoms with Gasteiger partial charge in [-0.3, -0.25) is 4.79 Å². The molecule has 0 atom stereocenters. The van der Waals surface area contributed by atoms with Gasteiger partial charge in [-0.2, -0.15) is 0 Å². The van der Waals surface area contributed by atoms with E-state index in [0.29, 0.717) is 0 Å². The van der Waals surface area contributed by atoms with Crippen LogP contribution in [0.5, 0.6) is 0 Å². The first kappa shape index (κ1) is 10.3. The monoisotopic (exact) mass is 281 g/mol. The topological polar surface area (TPSA) is 29.1 Å². The van der Waals surface area contributed by atoms with Crippen LogP contribution < -0.4 is 5.32 Å². The molecule has 0 aromatic carbocycles. The molecule has 0 bridgehead atoms. The normalized spacial score (nSPS) is 19.1. The Morgan fingerprint density at radius 2 is 2.00 bits per heavy atom. The zero-order valence-electron chi connectivity index (χ0n) is 7.31. The molecule has 3 heteroatoms. The van der Waals surface area contributed by atoms with E-state index >= 15 is 0 Å². The van der Waals surface area contributed by atoms with Crippen molar-refractivity contribution in [3.8, 4) is 0 Å². The maximum atomic E-state index is 10.6. The van der Waals surface area contributed by atoms with E-state index in [1.54, 1.807) is 22.6 Å². The van der Waals surface area contributed by atoms with Crippen molar-refractivity contribution >= 4 is 26.5 Å². The quantitative estimate of drug-likeness (QED) is 0.480. The minimum absolute atomic E-state index is 0.0726. The van der Waals surface area contributed by atoms with Gasteiger partial charge >= 0.3 is 0 Å². The van der Waals surface area contributed by atoms with Crippen LogP contribution in [0.2, 0.25) is 0 Å². The van der Waals surface area contributed by atoms with Crippen molar-refractivity contribution in [2.45, 2.75) is 38.5 Å². The number of hydrogen-bond acceptors (Lipinski definition) is 1. The number of carbonyl (C=O) groups excluding carboxylic acids is 1. The van der Waals surface area contributed by atoms with Crippen LogP contribution in [0.1, 0.15) is 38.5 Å². The second-order valence-corrected chi connectivity index (χ2v) is 4.47. The lowest BCUT2D eigenvalue weighted by molar-refractivity contribution is 0.261. The molecule has 1 aliphatic carbocycles. The van der Waals surface area contributed by atoms with Crippen molar-refractivity contribution in [1.82, 2.24) is 5.32 Å². The molecule has 0 aromatic heterocycles. The molecular formula is C9H16INO. The van der Waals surface area contributed by atoms with Gasteiger partial charge in [-0.25, -0.2) is 0 Å². The second kappa shape index (κ2) is 5.78. The zero-order valence-corrected chi connectivity index (χ0v) is 9.47. The van der Waals surface area contributed by atoms with Crippen LogP contribution in [0, 0.1) is 5.92 Å². The Hall–Kier alpha value is 0.200. The molecule has 1 rings (SSSR count). The van der Waals surface area contributed by atoms with Gasteiger partial charge in [0.2, 0.25) is 0 Å². The number of rotatable bonds is 3. The molecule has 1 aliphatic rings. The third kappa shape index (κ3) is 4.28. The summed E-state index contributed by atoms with van der Waals surface area (Å²) in [6.45, 7) is 0.867. The minimum atomic E-state index is 0.0726. The number of amides is 1. The molecule has 0 radical (unpaired) electrons. The average molecular weight is 281 g/mol. The Morgan fingerprint density at radius 1 is 1.33 bits per heavy atom. The van der Waals surface area contributed by atoms with Crippen molar-refractivity contribution < 1.29 is 4.79 Å². The van der Waals surface area contributed by atoms with Gasteiger partial charge in [0.15, 0.2) is 0 Å². The van der Waals surface area contributed by atoms with Crippen molar-refractivity contribution in [3.05, 3.63) is 0 Å². The van der Waals surface area contributed by atoms with E-state index in [2.05, 4.69) is 5.32 Å². The first-order valence-corrected chi connectivity index (χ1v) is 5.80. The van der Waals surface area contributed by atoms with Crippen LogP contribution >= 0.6 is 22.6 Å². The average Bonchev–Trinajstić information content (AvgIpc) is 2.05. The van der Waals surface area contributed by atoms with Gasteiger partial charge in [0.25, 0.3) is 3.91 Å². The fourth-order valence-electron chi connectivity index (χ4n) is 1.85. The molecule has 1 N–H and O–H groups in total. The molecule has 0 spiro atoms. The SMILES string of the molecule is O=C(I)NCCC1CCCCC1. The van der Waals surface area contributed by atoms with Crippen LogP contribution in [0.15, 0.2) is 0 Å². The largest absolute Gasteiger partial charge is 0.347 e. The summed E-state index contributed by atoms with van der Waals surface area (Å²) in [5.41, 5.74) is 0. The van der Waals surface area contributed by atoms with E-state index in [4.69, 9.17) is 0 Å². The maximum Gasteiger partial charge on any atom is 0.280 e. The van der Waals surface area contributed by atoms with E-state index in [0.717, 1.165) is 12.5 Å². The fourth-order valence-corrected chi connectivity index (χ4v) is 2.12. The Bertz CT molecular complexity index is 143. The fraction of sp³-hybridized carbons (Fsp3) is 0.889. The molecular weight excluding hydrogens is 265 g/mol. The molecule has 0 aliphatic heterocycles. The van der Waals surface area contributed by atoms with E-state index in [-0.39, 0.29) is 3.91 Å². The number of hydrogen-bond donors (Lipinski definition) is 1. The summed E-state index contributed by atoms with van der Waals surface area (Å²) in [6, 6.07) is 0. The third-order valence-corrected chi connectivity index (χ3v) is 2.92. The van der Waals surface area contributed by atoms with Gasteiger partial charge in [0.05, 0.1) is 0 Å². The second-order valence-electron chi connectivity index (χ2n) is 3.49. The third-order valence-electron chi connectivity index (χ3n) is 2.54. The van der Waals surface area contributed by atoms with Gasteiger partial charge in [0, 0.05) is 29.1 Å². The lowest BCUT2D eigenvalue weighted by Gasteiger charge is -2.21. The zero-order chi connectivity index (χ0) is 8.81. The Balaban J connectivity index is 2.01. The van der Waals surface area contributed by atoms with Crippen LogP contribution in [-0.4, -0.2) is 10.5 Å². The molecule has 0 heterocycles. The van der Waals surface area contributed by atoms with Crippen LogP contribution in [0.4, 0.5) is 4.79 Å². The molecule has 2 nitrogen and oxygen atoms in total. The lowest BCUT2D eigenvalue weighted by atomic mass is 9.87. The summed E-state index contributed by atoms with van der Waals surface area (Å²) >= 11 is 1.79. The highest BCUT2D eigenvalue weighted by molar-refractivity contribution is 14.1.